The molecule has 0 saturated carbocycles. The Balaban J connectivity index is 3.01. The highest BCUT2D eigenvalue weighted by molar-refractivity contribution is 7.98. The predicted octanol–water partition coefficient (Wildman–Crippen LogP) is 2.03. The fourth-order valence-electron chi connectivity index (χ4n) is 1.10. The van der Waals surface area contributed by atoms with Crippen LogP contribution in [0.3, 0.4) is 0 Å². The molecule has 0 bridgehead atoms. The first kappa shape index (κ1) is 9.32. The minimum Gasteiger partial charge on any atom is -0.494 e. The third-order valence-corrected chi connectivity index (χ3v) is 2.42. The van der Waals surface area contributed by atoms with E-state index >= 15 is 0 Å². The Labute approximate surface area is 76.0 Å². The summed E-state index contributed by atoms with van der Waals surface area (Å²) in [5.41, 5.74) is 0. The Morgan fingerprint density at radius 2 is 2.17 bits per heavy atom. The van der Waals surface area contributed by atoms with E-state index in [9.17, 15) is 10.2 Å². The van der Waals surface area contributed by atoms with Crippen LogP contribution in [0.4, 0.5) is 0 Å². The lowest BCUT2D eigenvalue weighted by Crippen LogP contribution is -1.94. The van der Waals surface area contributed by atoms with Gasteiger partial charge in [-0.25, -0.2) is 0 Å². The molecule has 0 radical (unpaired) electrons. The minimum atomic E-state index is 0.138. The molecule has 4 heteroatoms. The lowest BCUT2D eigenvalue weighted by molar-refractivity contribution is 0.363. The van der Waals surface area contributed by atoms with Gasteiger partial charge in [0.25, 0.3) is 0 Å². The molecule has 1 aromatic heterocycles. The Morgan fingerprint density at radius 1 is 1.50 bits per heavy atom. The van der Waals surface area contributed by atoms with Gasteiger partial charge in [-0.1, -0.05) is 6.92 Å². The fourth-order valence-corrected chi connectivity index (χ4v) is 1.61. The lowest BCUT2D eigenvalue weighted by Gasteiger charge is -2.03. The smallest absolute Gasteiger partial charge is 0.207 e. The van der Waals surface area contributed by atoms with E-state index in [1.54, 1.807) is 6.07 Å². The normalized spacial score (nSPS) is 10.5. The maximum Gasteiger partial charge on any atom is 0.207 e. The highest BCUT2D eigenvalue weighted by Crippen LogP contribution is 2.33. The highest BCUT2D eigenvalue weighted by Gasteiger charge is 2.11. The molecular weight excluding hydrogens is 174 g/mol. The van der Waals surface area contributed by atoms with Crippen LogP contribution in [0, 0.1) is 0 Å². The molecule has 0 fully saturated rings. The average Bonchev–Trinajstić information content (AvgIpc) is 2.32. The summed E-state index contributed by atoms with van der Waals surface area (Å²) >= 11 is 1.43. The zero-order chi connectivity index (χ0) is 9.14. The highest BCUT2D eigenvalue weighted by atomic mass is 32.2. The molecule has 68 valence electrons. The van der Waals surface area contributed by atoms with Crippen molar-refractivity contribution in [2.45, 2.75) is 24.8 Å². The molecule has 3 nitrogen and oxygen atoms in total. The molecule has 0 aliphatic rings. The van der Waals surface area contributed by atoms with Crippen molar-refractivity contribution in [1.82, 2.24) is 4.57 Å². The molecule has 0 aliphatic heterocycles. The van der Waals surface area contributed by atoms with Gasteiger partial charge in [-0.3, -0.25) is 4.57 Å². The summed E-state index contributed by atoms with van der Waals surface area (Å²) in [6.45, 7) is 2.65. The largest absolute Gasteiger partial charge is 0.494 e. The summed E-state index contributed by atoms with van der Waals surface area (Å²) in [4.78, 5) is 0.723. The SMILES string of the molecule is CCCn1c(O)cc(SC)c1O. The van der Waals surface area contributed by atoms with Crippen molar-refractivity contribution in [3.63, 3.8) is 0 Å². The lowest BCUT2D eigenvalue weighted by atomic mass is 10.5. The van der Waals surface area contributed by atoms with Gasteiger partial charge in [0, 0.05) is 12.6 Å². The van der Waals surface area contributed by atoms with Crippen molar-refractivity contribution in [2.24, 2.45) is 0 Å². The van der Waals surface area contributed by atoms with E-state index in [4.69, 9.17) is 0 Å². The molecule has 2 N–H and O–H groups in total. The van der Waals surface area contributed by atoms with E-state index < -0.39 is 0 Å². The molecule has 0 aromatic carbocycles. The van der Waals surface area contributed by atoms with E-state index in [-0.39, 0.29) is 11.8 Å². The Morgan fingerprint density at radius 3 is 2.58 bits per heavy atom. The van der Waals surface area contributed by atoms with Gasteiger partial charge in [0.2, 0.25) is 5.88 Å². The van der Waals surface area contributed by atoms with Gasteiger partial charge in [0.15, 0.2) is 5.88 Å². The van der Waals surface area contributed by atoms with Gasteiger partial charge in [0.05, 0.1) is 4.90 Å². The Hall–Kier alpha value is -0.770. The maximum atomic E-state index is 9.52. The summed E-state index contributed by atoms with van der Waals surface area (Å²) in [5, 5.41) is 18.9. The van der Waals surface area contributed by atoms with E-state index in [0.717, 1.165) is 11.3 Å². The monoisotopic (exact) mass is 187 g/mol. The molecule has 0 aliphatic carbocycles. The predicted molar refractivity (Wildman–Crippen MR) is 49.8 cm³/mol. The zero-order valence-electron chi connectivity index (χ0n) is 7.24. The maximum absolute atomic E-state index is 9.52. The van der Waals surface area contributed by atoms with Crippen molar-refractivity contribution in [3.05, 3.63) is 6.07 Å². The molecule has 0 atom stereocenters. The van der Waals surface area contributed by atoms with Crippen LogP contribution in [0.1, 0.15) is 13.3 Å². The molecular formula is C8H13NO2S. The van der Waals surface area contributed by atoms with E-state index in [0.29, 0.717) is 6.54 Å². The Kier molecular flexibility index (Phi) is 2.92. The molecule has 12 heavy (non-hydrogen) atoms. The number of hydrogen-bond acceptors (Lipinski definition) is 3. The van der Waals surface area contributed by atoms with Gasteiger partial charge in [0.1, 0.15) is 0 Å². The first-order valence-electron chi connectivity index (χ1n) is 3.86. The molecule has 1 aromatic rings. The van der Waals surface area contributed by atoms with Crippen LogP contribution in [-0.4, -0.2) is 21.0 Å². The van der Waals surface area contributed by atoms with Crippen molar-refractivity contribution in [3.8, 4) is 11.8 Å². The second kappa shape index (κ2) is 3.76. The van der Waals surface area contributed by atoms with Crippen molar-refractivity contribution in [1.29, 1.82) is 0 Å². The van der Waals surface area contributed by atoms with Crippen LogP contribution in [0.15, 0.2) is 11.0 Å². The van der Waals surface area contributed by atoms with E-state index in [1.807, 2.05) is 13.2 Å². The third-order valence-electron chi connectivity index (χ3n) is 1.68. The topological polar surface area (TPSA) is 45.4 Å². The standard InChI is InChI=1S/C8H13NO2S/c1-3-4-9-7(10)5-6(12-2)8(9)11/h5,10-11H,3-4H2,1-2H3. The van der Waals surface area contributed by atoms with Gasteiger partial charge >= 0.3 is 0 Å². The summed E-state index contributed by atoms with van der Waals surface area (Å²) < 4.78 is 1.51. The minimum absolute atomic E-state index is 0.138. The zero-order valence-corrected chi connectivity index (χ0v) is 8.06. The second-order valence-corrected chi connectivity index (χ2v) is 3.39. The molecule has 0 spiro atoms. The molecule has 0 amide bonds. The fraction of sp³-hybridized carbons (Fsp3) is 0.500. The van der Waals surface area contributed by atoms with Gasteiger partial charge < -0.3 is 10.2 Å². The van der Waals surface area contributed by atoms with Crippen LogP contribution < -0.4 is 0 Å². The molecule has 0 unspecified atom stereocenters. The average molecular weight is 187 g/mol. The van der Waals surface area contributed by atoms with E-state index in [2.05, 4.69) is 0 Å². The molecule has 1 heterocycles. The third kappa shape index (κ3) is 1.53. The molecule has 0 saturated heterocycles. The Bertz CT molecular complexity index is 270. The quantitative estimate of drug-likeness (QED) is 0.712. The van der Waals surface area contributed by atoms with Crippen LogP contribution in [-0.2, 0) is 6.54 Å². The first-order valence-corrected chi connectivity index (χ1v) is 5.08. The summed E-state index contributed by atoms with van der Waals surface area (Å²) in [6, 6.07) is 1.58. The van der Waals surface area contributed by atoms with Crippen molar-refractivity contribution in [2.75, 3.05) is 6.26 Å². The van der Waals surface area contributed by atoms with E-state index in [1.165, 1.54) is 16.3 Å². The van der Waals surface area contributed by atoms with Crippen LogP contribution in [0.25, 0.3) is 0 Å². The van der Waals surface area contributed by atoms with Crippen LogP contribution in [0.2, 0.25) is 0 Å². The summed E-state index contributed by atoms with van der Waals surface area (Å²) in [6.07, 6.45) is 2.76. The second-order valence-electron chi connectivity index (χ2n) is 2.55. The number of aromatic hydroxyl groups is 2. The number of hydrogen-bond donors (Lipinski definition) is 2. The number of thioether (sulfide) groups is 1. The van der Waals surface area contributed by atoms with Gasteiger partial charge in [-0.05, 0) is 12.7 Å². The number of aromatic nitrogens is 1. The number of rotatable bonds is 3. The van der Waals surface area contributed by atoms with Crippen molar-refractivity contribution >= 4 is 11.8 Å². The van der Waals surface area contributed by atoms with Crippen LogP contribution in [0.5, 0.6) is 11.8 Å². The molecule has 1 rings (SSSR count). The summed E-state index contributed by atoms with van der Waals surface area (Å²) in [5.74, 6) is 0.306. The summed E-state index contributed by atoms with van der Waals surface area (Å²) in [7, 11) is 0. The van der Waals surface area contributed by atoms with Crippen molar-refractivity contribution < 1.29 is 10.2 Å². The van der Waals surface area contributed by atoms with Crippen LogP contribution >= 0.6 is 11.8 Å². The first-order chi connectivity index (χ1) is 5.70. The van der Waals surface area contributed by atoms with Gasteiger partial charge in [-0.15, -0.1) is 11.8 Å². The van der Waals surface area contributed by atoms with Gasteiger partial charge in [-0.2, -0.15) is 0 Å². The number of nitrogens with zero attached hydrogens (tertiary/aromatic N) is 1.